The first-order valence-electron chi connectivity index (χ1n) is 7.49. The Morgan fingerprint density at radius 3 is 3.32 bits per heavy atom. The van der Waals surface area contributed by atoms with Crippen molar-refractivity contribution in [3.63, 3.8) is 0 Å². The summed E-state index contributed by atoms with van der Waals surface area (Å²) in [5.74, 6) is 1.54. The number of rotatable bonds is 3. The van der Waals surface area contributed by atoms with Gasteiger partial charge in [-0.25, -0.2) is 9.97 Å². The zero-order valence-corrected chi connectivity index (χ0v) is 12.1. The molecule has 1 aliphatic heterocycles. The average Bonchev–Trinajstić information content (AvgIpc) is 3.19. The molecular formula is C16H17N5O. The highest BCUT2D eigenvalue weighted by atomic mass is 16.1. The molecular weight excluding hydrogens is 278 g/mol. The number of carbonyl (C=O) groups excluding carboxylic acids is 1. The second kappa shape index (κ2) is 5.29. The SMILES string of the molecule is O=C(NCC1CCn2ccnc2C1)c1ccn2cncc2c1. The molecule has 4 heterocycles. The molecule has 0 radical (unpaired) electrons. The van der Waals surface area contributed by atoms with E-state index in [4.69, 9.17) is 0 Å². The van der Waals surface area contributed by atoms with Crippen LogP contribution in [0.25, 0.3) is 5.52 Å². The standard InChI is InChI=1S/C16H17N5O/c22-16(13-2-5-21-11-17-10-14(21)8-13)19-9-12-1-4-20-6-3-18-15(20)7-12/h2-3,5-6,8,10-12H,1,4,7,9H2,(H,19,22). The fraction of sp³-hybridized carbons (Fsp3) is 0.312. The molecule has 1 aliphatic rings. The first kappa shape index (κ1) is 13.1. The third kappa shape index (κ3) is 2.36. The van der Waals surface area contributed by atoms with E-state index < -0.39 is 0 Å². The van der Waals surface area contributed by atoms with Crippen LogP contribution in [0, 0.1) is 5.92 Å². The fourth-order valence-electron chi connectivity index (χ4n) is 2.99. The van der Waals surface area contributed by atoms with Crippen molar-refractivity contribution in [3.05, 3.63) is 54.6 Å². The van der Waals surface area contributed by atoms with Gasteiger partial charge >= 0.3 is 0 Å². The lowest BCUT2D eigenvalue weighted by molar-refractivity contribution is 0.0944. The van der Waals surface area contributed by atoms with E-state index in [-0.39, 0.29) is 5.91 Å². The molecule has 3 aromatic heterocycles. The molecule has 0 saturated carbocycles. The number of aryl methyl sites for hydroxylation is 1. The van der Waals surface area contributed by atoms with Gasteiger partial charge in [-0.15, -0.1) is 0 Å². The van der Waals surface area contributed by atoms with Crippen LogP contribution in [-0.2, 0) is 13.0 Å². The van der Waals surface area contributed by atoms with Crippen molar-refractivity contribution >= 4 is 11.4 Å². The molecule has 22 heavy (non-hydrogen) atoms. The van der Waals surface area contributed by atoms with Crippen LogP contribution < -0.4 is 5.32 Å². The third-order valence-corrected chi connectivity index (χ3v) is 4.28. The summed E-state index contributed by atoms with van der Waals surface area (Å²) >= 11 is 0. The van der Waals surface area contributed by atoms with Gasteiger partial charge in [-0.1, -0.05) is 0 Å². The summed E-state index contributed by atoms with van der Waals surface area (Å²) in [6.45, 7) is 1.67. The third-order valence-electron chi connectivity index (χ3n) is 4.28. The molecule has 1 unspecified atom stereocenters. The Kier molecular flexibility index (Phi) is 3.14. The molecule has 112 valence electrons. The normalized spacial score (nSPS) is 17.4. The van der Waals surface area contributed by atoms with Crippen LogP contribution in [0.4, 0.5) is 0 Å². The van der Waals surface area contributed by atoms with Gasteiger partial charge in [-0.3, -0.25) is 4.79 Å². The van der Waals surface area contributed by atoms with Crippen LogP contribution in [-0.4, -0.2) is 31.4 Å². The van der Waals surface area contributed by atoms with Gasteiger partial charge < -0.3 is 14.3 Å². The van der Waals surface area contributed by atoms with Crippen molar-refractivity contribution < 1.29 is 4.79 Å². The Hall–Kier alpha value is -2.63. The smallest absolute Gasteiger partial charge is 0.251 e. The molecule has 0 fully saturated rings. The van der Waals surface area contributed by atoms with Crippen LogP contribution >= 0.6 is 0 Å². The maximum absolute atomic E-state index is 12.3. The number of imidazole rings is 2. The predicted molar refractivity (Wildman–Crippen MR) is 81.6 cm³/mol. The van der Waals surface area contributed by atoms with Crippen LogP contribution in [0.2, 0.25) is 0 Å². The van der Waals surface area contributed by atoms with E-state index in [9.17, 15) is 4.79 Å². The van der Waals surface area contributed by atoms with E-state index in [0.29, 0.717) is 18.0 Å². The van der Waals surface area contributed by atoms with Crippen molar-refractivity contribution in [2.45, 2.75) is 19.4 Å². The Morgan fingerprint density at radius 2 is 2.36 bits per heavy atom. The average molecular weight is 295 g/mol. The number of fused-ring (bicyclic) bond motifs is 2. The summed E-state index contributed by atoms with van der Waals surface area (Å²) in [5.41, 5.74) is 1.60. The topological polar surface area (TPSA) is 64.2 Å². The molecule has 6 heteroatoms. The number of pyridine rings is 1. The maximum atomic E-state index is 12.3. The lowest BCUT2D eigenvalue weighted by Crippen LogP contribution is -2.33. The highest BCUT2D eigenvalue weighted by Crippen LogP contribution is 2.18. The largest absolute Gasteiger partial charge is 0.352 e. The minimum absolute atomic E-state index is 0.0300. The molecule has 1 atom stereocenters. The molecule has 0 saturated heterocycles. The van der Waals surface area contributed by atoms with Crippen molar-refractivity contribution in [1.29, 1.82) is 0 Å². The van der Waals surface area contributed by atoms with Gasteiger partial charge in [0.25, 0.3) is 5.91 Å². The molecule has 0 bridgehead atoms. The molecule has 6 nitrogen and oxygen atoms in total. The van der Waals surface area contributed by atoms with E-state index in [1.54, 1.807) is 12.5 Å². The zero-order chi connectivity index (χ0) is 14.9. The molecule has 4 rings (SSSR count). The summed E-state index contributed by atoms with van der Waals surface area (Å²) in [5, 5.41) is 3.04. The minimum atomic E-state index is -0.0300. The number of carbonyl (C=O) groups is 1. The first-order valence-corrected chi connectivity index (χ1v) is 7.49. The number of amides is 1. The summed E-state index contributed by atoms with van der Waals surface area (Å²) in [6, 6.07) is 3.67. The molecule has 1 amide bonds. The Morgan fingerprint density at radius 1 is 1.41 bits per heavy atom. The van der Waals surface area contributed by atoms with Gasteiger partial charge in [0.2, 0.25) is 0 Å². The highest BCUT2D eigenvalue weighted by Gasteiger charge is 2.19. The summed E-state index contributed by atoms with van der Waals surface area (Å²) in [7, 11) is 0. The van der Waals surface area contributed by atoms with Crippen LogP contribution in [0.1, 0.15) is 22.6 Å². The second-order valence-corrected chi connectivity index (χ2v) is 5.75. The van der Waals surface area contributed by atoms with Gasteiger partial charge in [0.05, 0.1) is 18.0 Å². The van der Waals surface area contributed by atoms with Gasteiger partial charge in [0.15, 0.2) is 0 Å². The molecule has 0 spiro atoms. The molecule has 3 aromatic rings. The van der Waals surface area contributed by atoms with Crippen molar-refractivity contribution in [1.82, 2.24) is 24.3 Å². The molecule has 1 N–H and O–H groups in total. The molecule has 0 aromatic carbocycles. The van der Waals surface area contributed by atoms with E-state index in [0.717, 1.165) is 30.7 Å². The number of hydrogen-bond acceptors (Lipinski definition) is 3. The quantitative estimate of drug-likeness (QED) is 0.797. The van der Waals surface area contributed by atoms with E-state index in [1.165, 1.54) is 0 Å². The van der Waals surface area contributed by atoms with Crippen LogP contribution in [0.15, 0.2) is 43.2 Å². The van der Waals surface area contributed by atoms with E-state index in [2.05, 4.69) is 19.9 Å². The van der Waals surface area contributed by atoms with Crippen molar-refractivity contribution in [2.75, 3.05) is 6.54 Å². The lowest BCUT2D eigenvalue weighted by atomic mass is 9.97. The van der Waals surface area contributed by atoms with E-state index >= 15 is 0 Å². The second-order valence-electron chi connectivity index (χ2n) is 5.75. The first-order chi connectivity index (χ1) is 10.8. The minimum Gasteiger partial charge on any atom is -0.352 e. The van der Waals surface area contributed by atoms with Crippen molar-refractivity contribution in [3.8, 4) is 0 Å². The van der Waals surface area contributed by atoms with Crippen molar-refractivity contribution in [2.24, 2.45) is 5.92 Å². The Balaban J connectivity index is 1.40. The van der Waals surface area contributed by atoms with E-state index in [1.807, 2.05) is 35.1 Å². The van der Waals surface area contributed by atoms with Gasteiger partial charge in [-0.2, -0.15) is 0 Å². The lowest BCUT2D eigenvalue weighted by Gasteiger charge is -2.23. The summed E-state index contributed by atoms with van der Waals surface area (Å²) in [4.78, 5) is 20.7. The van der Waals surface area contributed by atoms with Gasteiger partial charge in [-0.05, 0) is 24.5 Å². The highest BCUT2D eigenvalue weighted by molar-refractivity contribution is 5.95. The summed E-state index contributed by atoms with van der Waals surface area (Å²) in [6.07, 6.45) is 11.2. The number of aromatic nitrogens is 4. The maximum Gasteiger partial charge on any atom is 0.251 e. The fourth-order valence-corrected chi connectivity index (χ4v) is 2.99. The number of hydrogen-bond donors (Lipinski definition) is 1. The monoisotopic (exact) mass is 295 g/mol. The predicted octanol–water partition coefficient (Wildman–Crippen LogP) is 1.52. The van der Waals surface area contributed by atoms with Crippen LogP contribution in [0.5, 0.6) is 0 Å². The zero-order valence-electron chi connectivity index (χ0n) is 12.1. The Bertz CT molecular complexity index is 819. The molecule has 0 aliphatic carbocycles. The Labute approximate surface area is 127 Å². The summed E-state index contributed by atoms with van der Waals surface area (Å²) < 4.78 is 4.07. The number of nitrogens with one attached hydrogen (secondary N) is 1. The van der Waals surface area contributed by atoms with Crippen LogP contribution in [0.3, 0.4) is 0 Å². The number of nitrogens with zero attached hydrogens (tertiary/aromatic N) is 4. The van der Waals surface area contributed by atoms with Gasteiger partial charge in [0, 0.05) is 43.7 Å². The van der Waals surface area contributed by atoms with Gasteiger partial charge in [0.1, 0.15) is 5.82 Å².